The third-order valence-corrected chi connectivity index (χ3v) is 6.17. The van der Waals surface area contributed by atoms with Gasteiger partial charge in [0.2, 0.25) is 12.2 Å². The number of nitriles is 1. The molecule has 0 radical (unpaired) electrons. The van der Waals surface area contributed by atoms with Crippen LogP contribution in [0.1, 0.15) is 22.7 Å². The van der Waals surface area contributed by atoms with Gasteiger partial charge in [0.1, 0.15) is 0 Å². The van der Waals surface area contributed by atoms with Crippen LogP contribution in [0.25, 0.3) is 11.0 Å². The Morgan fingerprint density at radius 3 is 2.41 bits per heavy atom. The predicted octanol–water partition coefficient (Wildman–Crippen LogP) is 7.66. The maximum absolute atomic E-state index is 14.0. The van der Waals surface area contributed by atoms with E-state index in [2.05, 4.69) is 20.6 Å². The third kappa shape index (κ3) is 6.55. The summed E-state index contributed by atoms with van der Waals surface area (Å²) in [6.07, 6.45) is -7.03. The molecule has 39 heavy (non-hydrogen) atoms. The molecule has 0 saturated carbocycles. The molecule has 0 aliphatic carbocycles. The quantitative estimate of drug-likeness (QED) is 0.109. The average Bonchev–Trinajstić information content (AvgIpc) is 3.27. The van der Waals surface area contributed by atoms with Crippen molar-refractivity contribution in [1.82, 2.24) is 14.9 Å². The Morgan fingerprint density at radius 2 is 1.74 bits per heavy atom. The van der Waals surface area contributed by atoms with Gasteiger partial charge in [-0.3, -0.25) is 0 Å². The Balaban J connectivity index is 1.84. The monoisotopic (exact) mass is 584 g/mol. The van der Waals surface area contributed by atoms with Gasteiger partial charge in [-0.15, -0.1) is 4.99 Å². The molecule has 0 aliphatic heterocycles. The molecule has 0 amide bonds. The zero-order chi connectivity index (χ0) is 28.4. The first-order valence-corrected chi connectivity index (χ1v) is 11.8. The molecule has 0 aliphatic rings. The van der Waals surface area contributed by atoms with Crippen molar-refractivity contribution in [2.24, 2.45) is 4.99 Å². The maximum atomic E-state index is 14.0. The molecule has 1 atom stereocenters. The second-order valence-electron chi connectivity index (χ2n) is 8.19. The van der Waals surface area contributed by atoms with Crippen LogP contribution in [0.15, 0.2) is 72.0 Å². The fraction of sp³-hybridized carbons (Fsp3) is 0.160. The van der Waals surface area contributed by atoms with Crippen LogP contribution >= 0.6 is 23.2 Å². The van der Waals surface area contributed by atoms with Crippen molar-refractivity contribution >= 4 is 45.9 Å². The zero-order valence-electron chi connectivity index (χ0n) is 19.4. The van der Waals surface area contributed by atoms with E-state index < -0.39 is 35.1 Å². The molecule has 2 N–H and O–H groups in total. The van der Waals surface area contributed by atoms with E-state index in [0.29, 0.717) is 34.3 Å². The van der Waals surface area contributed by atoms with Gasteiger partial charge in [0.15, 0.2) is 0 Å². The first-order valence-electron chi connectivity index (χ1n) is 11.0. The number of alkyl halides is 6. The minimum Gasteiger partial charge on any atom is -0.347 e. The summed E-state index contributed by atoms with van der Waals surface area (Å²) in [7, 11) is 0. The number of halogens is 8. The molecular weight excluding hydrogens is 569 g/mol. The molecule has 1 unspecified atom stereocenters. The summed E-state index contributed by atoms with van der Waals surface area (Å²) < 4.78 is 84.3. The van der Waals surface area contributed by atoms with Crippen LogP contribution in [0.4, 0.5) is 32.0 Å². The van der Waals surface area contributed by atoms with Gasteiger partial charge < -0.3 is 15.2 Å². The number of nitrogens with zero attached hydrogens (tertiary/aromatic N) is 4. The van der Waals surface area contributed by atoms with Gasteiger partial charge in [0, 0.05) is 11.6 Å². The fourth-order valence-corrected chi connectivity index (χ4v) is 4.35. The number of anilines is 1. The molecule has 0 spiro atoms. The number of nitrogens with one attached hydrogen (secondary N) is 2. The number of aromatic nitrogens is 2. The van der Waals surface area contributed by atoms with Crippen molar-refractivity contribution in [3.63, 3.8) is 0 Å². The first kappa shape index (κ1) is 28.1. The van der Waals surface area contributed by atoms with Gasteiger partial charge in [-0.2, -0.15) is 31.6 Å². The molecule has 3 aromatic carbocycles. The van der Waals surface area contributed by atoms with Crippen LogP contribution in [0.2, 0.25) is 10.0 Å². The van der Waals surface area contributed by atoms with Crippen LogP contribution in [0, 0.1) is 11.5 Å². The standard InChI is InChI=1S/C25H16Cl2F6N6/c26-15-6-8-19(18(27)10-15)37-23(35-12-34)38-21(11-39-13-36-20-3-1-2-4-22(20)39)16-9-14(24(28,29)30)5-7-17(16)25(31,32)33/h1-10,13,21H,11H2,(H2,35,37,38). The largest absolute Gasteiger partial charge is 0.416 e. The summed E-state index contributed by atoms with van der Waals surface area (Å²) in [5.74, 6) is -0.360. The van der Waals surface area contributed by atoms with E-state index in [1.807, 2.05) is 0 Å². The van der Waals surface area contributed by atoms with Gasteiger partial charge in [-0.05, 0) is 54.1 Å². The van der Waals surface area contributed by atoms with Crippen LogP contribution in [-0.4, -0.2) is 15.5 Å². The number of para-hydroxylation sites is 2. The van der Waals surface area contributed by atoms with Crippen molar-refractivity contribution in [3.05, 3.63) is 93.7 Å². The van der Waals surface area contributed by atoms with Crippen LogP contribution in [0.3, 0.4) is 0 Å². The number of guanidine groups is 1. The maximum Gasteiger partial charge on any atom is 0.416 e. The normalized spacial score (nSPS) is 13.3. The lowest BCUT2D eigenvalue weighted by molar-refractivity contribution is -0.142. The van der Waals surface area contributed by atoms with Crippen LogP contribution < -0.4 is 10.6 Å². The number of hydrogen-bond acceptors (Lipinski definition) is 3. The number of aliphatic imine (C=N–C) groups is 1. The number of imidazole rings is 1. The Hall–Kier alpha value is -3.95. The molecule has 6 nitrogen and oxygen atoms in total. The highest BCUT2D eigenvalue weighted by Gasteiger charge is 2.39. The SMILES string of the molecule is N#CN=C(Nc1ccc(Cl)cc1Cl)NC(Cn1cnc2ccccc21)c1cc(C(F)(F)F)ccc1C(F)(F)F. The lowest BCUT2D eigenvalue weighted by Gasteiger charge is -2.26. The Morgan fingerprint density at radius 1 is 1.00 bits per heavy atom. The summed E-state index contributed by atoms with van der Waals surface area (Å²) >= 11 is 12.1. The predicted molar refractivity (Wildman–Crippen MR) is 135 cm³/mol. The molecule has 202 valence electrons. The molecule has 4 rings (SSSR count). The van der Waals surface area contributed by atoms with Crippen molar-refractivity contribution in [2.45, 2.75) is 24.9 Å². The van der Waals surface area contributed by atoms with Gasteiger partial charge in [0.25, 0.3) is 0 Å². The van der Waals surface area contributed by atoms with Crippen molar-refractivity contribution in [1.29, 1.82) is 5.26 Å². The van der Waals surface area contributed by atoms with E-state index in [-0.39, 0.29) is 23.2 Å². The highest BCUT2D eigenvalue weighted by Crippen LogP contribution is 2.39. The van der Waals surface area contributed by atoms with Crippen LogP contribution in [-0.2, 0) is 18.9 Å². The van der Waals surface area contributed by atoms with Gasteiger partial charge in [0.05, 0.1) is 45.2 Å². The zero-order valence-corrected chi connectivity index (χ0v) is 21.0. The molecule has 14 heteroatoms. The smallest absolute Gasteiger partial charge is 0.347 e. The van der Waals surface area contributed by atoms with Crippen LogP contribution in [0.5, 0.6) is 0 Å². The number of fused-ring (bicyclic) bond motifs is 1. The molecule has 0 fully saturated rings. The van der Waals surface area contributed by atoms with E-state index in [1.165, 1.54) is 35.3 Å². The molecular formula is C25H16Cl2F6N6. The lowest BCUT2D eigenvalue weighted by atomic mass is 9.96. The highest BCUT2D eigenvalue weighted by molar-refractivity contribution is 6.36. The van der Waals surface area contributed by atoms with E-state index in [4.69, 9.17) is 23.2 Å². The second kappa shape index (κ2) is 11.0. The number of benzene rings is 3. The fourth-order valence-electron chi connectivity index (χ4n) is 3.89. The van der Waals surface area contributed by atoms with Gasteiger partial charge >= 0.3 is 12.4 Å². The Labute approximate surface area is 227 Å². The highest BCUT2D eigenvalue weighted by atomic mass is 35.5. The molecule has 0 saturated heterocycles. The minimum absolute atomic E-state index is 0.0992. The van der Waals surface area contributed by atoms with Gasteiger partial charge in [-0.25, -0.2) is 4.98 Å². The summed E-state index contributed by atoms with van der Waals surface area (Å²) in [6.45, 7) is -0.314. The van der Waals surface area contributed by atoms with Gasteiger partial charge in [-0.1, -0.05) is 35.3 Å². The Kier molecular flexibility index (Phi) is 7.94. The van der Waals surface area contributed by atoms with E-state index in [1.54, 1.807) is 24.3 Å². The number of hydrogen-bond donors (Lipinski definition) is 2. The summed E-state index contributed by atoms with van der Waals surface area (Å²) in [5, 5.41) is 15.0. The third-order valence-electron chi connectivity index (χ3n) is 5.62. The van der Waals surface area contributed by atoms with Crippen molar-refractivity contribution in [3.8, 4) is 6.19 Å². The van der Waals surface area contributed by atoms with Crippen molar-refractivity contribution in [2.75, 3.05) is 5.32 Å². The Bertz CT molecular complexity index is 1570. The molecule has 4 aromatic rings. The van der Waals surface area contributed by atoms with E-state index in [9.17, 15) is 31.6 Å². The summed E-state index contributed by atoms with van der Waals surface area (Å²) in [4.78, 5) is 7.78. The minimum atomic E-state index is -4.99. The number of rotatable bonds is 5. The molecule has 1 heterocycles. The first-order chi connectivity index (χ1) is 18.4. The topological polar surface area (TPSA) is 78.0 Å². The van der Waals surface area contributed by atoms with E-state index >= 15 is 0 Å². The average molecular weight is 585 g/mol. The van der Waals surface area contributed by atoms with Crippen molar-refractivity contribution < 1.29 is 26.3 Å². The second-order valence-corrected chi connectivity index (χ2v) is 9.03. The van der Waals surface area contributed by atoms with E-state index in [0.717, 1.165) is 0 Å². The lowest BCUT2D eigenvalue weighted by Crippen LogP contribution is -2.37. The molecule has 1 aromatic heterocycles. The summed E-state index contributed by atoms with van der Waals surface area (Å²) in [6, 6.07) is 10.7. The molecule has 0 bridgehead atoms. The summed E-state index contributed by atoms with van der Waals surface area (Å²) in [5.41, 5.74) is -2.05.